The fourth-order valence-electron chi connectivity index (χ4n) is 1.18. The Balaban J connectivity index is 2.64. The third-order valence-corrected chi connectivity index (χ3v) is 2.35. The molecule has 0 atom stereocenters. The molecule has 1 N–H and O–H groups in total. The topological polar surface area (TPSA) is 58.4 Å². The standard InChI is InChI=1S/C10H14ClN3O2/c1-13(2)6-5-12-10-4-3-8(14(15)16)7-9(10)11/h3-4,7,12H,5-6H2,1-2H3. The van der Waals surface area contributed by atoms with Gasteiger partial charge < -0.3 is 10.2 Å². The quantitative estimate of drug-likeness (QED) is 0.636. The van der Waals surface area contributed by atoms with Gasteiger partial charge in [0.1, 0.15) is 0 Å². The third kappa shape index (κ3) is 3.67. The summed E-state index contributed by atoms with van der Waals surface area (Å²) in [6.07, 6.45) is 0. The van der Waals surface area contributed by atoms with Crippen molar-refractivity contribution in [3.8, 4) is 0 Å². The summed E-state index contributed by atoms with van der Waals surface area (Å²) >= 11 is 5.91. The number of nitrogens with one attached hydrogen (secondary N) is 1. The Morgan fingerprint density at radius 3 is 2.69 bits per heavy atom. The zero-order chi connectivity index (χ0) is 12.1. The van der Waals surface area contributed by atoms with E-state index in [0.29, 0.717) is 10.7 Å². The number of non-ortho nitro benzene ring substituents is 1. The lowest BCUT2D eigenvalue weighted by Gasteiger charge is -2.12. The summed E-state index contributed by atoms with van der Waals surface area (Å²) in [4.78, 5) is 12.1. The van der Waals surface area contributed by atoms with E-state index < -0.39 is 4.92 Å². The molecule has 0 fully saturated rings. The summed E-state index contributed by atoms with van der Waals surface area (Å²) in [6, 6.07) is 4.40. The molecule has 16 heavy (non-hydrogen) atoms. The van der Waals surface area contributed by atoms with E-state index in [4.69, 9.17) is 11.6 Å². The number of likely N-dealkylation sites (N-methyl/N-ethyl adjacent to an activating group) is 1. The lowest BCUT2D eigenvalue weighted by molar-refractivity contribution is -0.384. The minimum atomic E-state index is -0.463. The number of nitro benzene ring substituents is 1. The van der Waals surface area contributed by atoms with Crippen molar-refractivity contribution >= 4 is 23.0 Å². The van der Waals surface area contributed by atoms with Crippen LogP contribution in [0.2, 0.25) is 5.02 Å². The number of nitro groups is 1. The molecule has 0 spiro atoms. The summed E-state index contributed by atoms with van der Waals surface area (Å²) in [5, 5.41) is 14.0. The highest BCUT2D eigenvalue weighted by atomic mass is 35.5. The summed E-state index contributed by atoms with van der Waals surface area (Å²) in [6.45, 7) is 1.61. The van der Waals surface area contributed by atoms with Crippen molar-refractivity contribution in [3.05, 3.63) is 33.3 Å². The minimum Gasteiger partial charge on any atom is -0.383 e. The number of hydrogen-bond donors (Lipinski definition) is 1. The average Bonchev–Trinajstić information content (AvgIpc) is 2.19. The zero-order valence-electron chi connectivity index (χ0n) is 9.24. The van der Waals surface area contributed by atoms with Crippen LogP contribution in [-0.2, 0) is 0 Å². The SMILES string of the molecule is CN(C)CCNc1ccc([N+](=O)[O-])cc1Cl. The fraction of sp³-hybridized carbons (Fsp3) is 0.400. The van der Waals surface area contributed by atoms with Crippen LogP contribution in [0.1, 0.15) is 0 Å². The first-order valence-electron chi connectivity index (χ1n) is 4.83. The van der Waals surface area contributed by atoms with E-state index in [-0.39, 0.29) is 5.69 Å². The molecule has 1 aromatic rings. The molecule has 0 unspecified atom stereocenters. The molecule has 0 aliphatic rings. The molecule has 0 bridgehead atoms. The molecule has 0 radical (unpaired) electrons. The van der Waals surface area contributed by atoms with Gasteiger partial charge in [-0.3, -0.25) is 10.1 Å². The first-order chi connectivity index (χ1) is 7.50. The normalized spacial score (nSPS) is 10.5. The van der Waals surface area contributed by atoms with Crippen molar-refractivity contribution in [1.82, 2.24) is 4.90 Å². The molecule has 0 aliphatic heterocycles. The van der Waals surface area contributed by atoms with Crippen molar-refractivity contribution in [2.75, 3.05) is 32.5 Å². The van der Waals surface area contributed by atoms with E-state index in [0.717, 1.165) is 13.1 Å². The van der Waals surface area contributed by atoms with E-state index >= 15 is 0 Å². The van der Waals surface area contributed by atoms with Gasteiger partial charge in [0, 0.05) is 25.2 Å². The molecule has 88 valence electrons. The Kier molecular flexibility index (Phi) is 4.52. The van der Waals surface area contributed by atoms with Crippen molar-refractivity contribution in [2.24, 2.45) is 0 Å². The molecular formula is C10H14ClN3O2. The van der Waals surface area contributed by atoms with Crippen LogP contribution in [-0.4, -0.2) is 37.0 Å². The highest BCUT2D eigenvalue weighted by Gasteiger charge is 2.08. The van der Waals surface area contributed by atoms with Gasteiger partial charge in [-0.1, -0.05) is 11.6 Å². The van der Waals surface area contributed by atoms with E-state index in [1.54, 1.807) is 6.07 Å². The van der Waals surface area contributed by atoms with Crippen LogP contribution in [0.5, 0.6) is 0 Å². The van der Waals surface area contributed by atoms with Crippen LogP contribution in [0.3, 0.4) is 0 Å². The lowest BCUT2D eigenvalue weighted by atomic mass is 10.3. The van der Waals surface area contributed by atoms with Gasteiger partial charge in [-0.15, -0.1) is 0 Å². The second kappa shape index (κ2) is 5.67. The highest BCUT2D eigenvalue weighted by Crippen LogP contribution is 2.26. The maximum Gasteiger partial charge on any atom is 0.271 e. The van der Waals surface area contributed by atoms with Gasteiger partial charge in [0.05, 0.1) is 15.6 Å². The van der Waals surface area contributed by atoms with Gasteiger partial charge in [0.15, 0.2) is 0 Å². The number of benzene rings is 1. The van der Waals surface area contributed by atoms with Crippen molar-refractivity contribution in [2.45, 2.75) is 0 Å². The molecule has 0 heterocycles. The molecule has 0 aromatic heterocycles. The predicted molar refractivity (Wildman–Crippen MR) is 65.2 cm³/mol. The molecule has 0 amide bonds. The van der Waals surface area contributed by atoms with E-state index in [2.05, 4.69) is 5.32 Å². The number of halogens is 1. The first kappa shape index (κ1) is 12.7. The molecule has 0 saturated heterocycles. The van der Waals surface area contributed by atoms with Crippen LogP contribution in [0, 0.1) is 10.1 Å². The fourth-order valence-corrected chi connectivity index (χ4v) is 1.42. The maximum absolute atomic E-state index is 10.5. The Morgan fingerprint density at radius 1 is 1.50 bits per heavy atom. The first-order valence-corrected chi connectivity index (χ1v) is 5.21. The number of rotatable bonds is 5. The Morgan fingerprint density at radius 2 is 2.19 bits per heavy atom. The summed E-state index contributed by atoms with van der Waals surface area (Å²) in [5.74, 6) is 0. The van der Waals surface area contributed by atoms with Crippen molar-refractivity contribution < 1.29 is 4.92 Å². The Labute approximate surface area is 99.2 Å². The smallest absolute Gasteiger partial charge is 0.271 e. The van der Waals surface area contributed by atoms with Crippen LogP contribution in [0.15, 0.2) is 18.2 Å². The molecule has 1 rings (SSSR count). The number of nitrogens with zero attached hydrogens (tertiary/aromatic N) is 2. The Hall–Kier alpha value is -1.33. The third-order valence-electron chi connectivity index (χ3n) is 2.04. The van der Waals surface area contributed by atoms with Crippen molar-refractivity contribution in [1.29, 1.82) is 0 Å². The largest absolute Gasteiger partial charge is 0.383 e. The molecule has 0 saturated carbocycles. The lowest BCUT2D eigenvalue weighted by Crippen LogP contribution is -2.20. The molecule has 6 heteroatoms. The van der Waals surface area contributed by atoms with Gasteiger partial charge in [0.25, 0.3) is 5.69 Å². The summed E-state index contributed by atoms with van der Waals surface area (Å²) in [5.41, 5.74) is 0.720. The zero-order valence-corrected chi connectivity index (χ0v) is 9.99. The van der Waals surface area contributed by atoms with Gasteiger partial charge in [0.2, 0.25) is 0 Å². The van der Waals surface area contributed by atoms with E-state index in [1.165, 1.54) is 12.1 Å². The van der Waals surface area contributed by atoms with E-state index in [9.17, 15) is 10.1 Å². The maximum atomic E-state index is 10.5. The second-order valence-corrected chi connectivity index (χ2v) is 4.06. The van der Waals surface area contributed by atoms with Crippen LogP contribution >= 0.6 is 11.6 Å². The molecule has 5 nitrogen and oxygen atoms in total. The van der Waals surface area contributed by atoms with Gasteiger partial charge in [-0.05, 0) is 20.2 Å². The average molecular weight is 244 g/mol. The van der Waals surface area contributed by atoms with Crippen molar-refractivity contribution in [3.63, 3.8) is 0 Å². The summed E-state index contributed by atoms with van der Waals surface area (Å²) < 4.78 is 0. The van der Waals surface area contributed by atoms with Gasteiger partial charge in [-0.25, -0.2) is 0 Å². The monoisotopic (exact) mass is 243 g/mol. The van der Waals surface area contributed by atoms with Gasteiger partial charge in [-0.2, -0.15) is 0 Å². The second-order valence-electron chi connectivity index (χ2n) is 3.65. The predicted octanol–water partition coefficient (Wildman–Crippen LogP) is 2.22. The Bertz CT molecular complexity index is 382. The number of anilines is 1. The van der Waals surface area contributed by atoms with Crippen LogP contribution in [0.4, 0.5) is 11.4 Å². The minimum absolute atomic E-state index is 0.00293. The molecular weight excluding hydrogens is 230 g/mol. The highest BCUT2D eigenvalue weighted by molar-refractivity contribution is 6.33. The van der Waals surface area contributed by atoms with Gasteiger partial charge >= 0.3 is 0 Å². The summed E-state index contributed by atoms with van der Waals surface area (Å²) in [7, 11) is 3.94. The number of hydrogen-bond acceptors (Lipinski definition) is 4. The van der Waals surface area contributed by atoms with Crippen LogP contribution < -0.4 is 5.32 Å². The van der Waals surface area contributed by atoms with Crippen LogP contribution in [0.25, 0.3) is 0 Å². The molecule has 1 aromatic carbocycles. The molecule has 0 aliphatic carbocycles. The van der Waals surface area contributed by atoms with E-state index in [1.807, 2.05) is 19.0 Å².